The summed E-state index contributed by atoms with van der Waals surface area (Å²) in [5.41, 5.74) is 1.65. The number of amides is 1. The Morgan fingerprint density at radius 3 is 2.54 bits per heavy atom. The molecule has 8 nitrogen and oxygen atoms in total. The number of rotatable bonds is 4. The molecule has 152 valence electrons. The first kappa shape index (κ1) is 20.3. The van der Waals surface area contributed by atoms with Crippen molar-refractivity contribution in [2.75, 3.05) is 33.3 Å². The predicted molar refractivity (Wildman–Crippen MR) is 105 cm³/mol. The zero-order valence-corrected chi connectivity index (χ0v) is 17.5. The minimum Gasteiger partial charge on any atom is -0.497 e. The van der Waals surface area contributed by atoms with Gasteiger partial charge >= 0.3 is 0 Å². The summed E-state index contributed by atoms with van der Waals surface area (Å²) in [6, 6.07) is 7.00. The molecular weight excluding hydrogens is 380 g/mol. The van der Waals surface area contributed by atoms with Crippen molar-refractivity contribution in [3.63, 3.8) is 0 Å². The van der Waals surface area contributed by atoms with Gasteiger partial charge in [-0.15, -0.1) is 0 Å². The van der Waals surface area contributed by atoms with Gasteiger partial charge in [-0.3, -0.25) is 9.48 Å². The molecule has 28 heavy (non-hydrogen) atoms. The molecule has 1 saturated heterocycles. The van der Waals surface area contributed by atoms with Gasteiger partial charge in [-0.1, -0.05) is 6.07 Å². The van der Waals surface area contributed by atoms with Crippen LogP contribution in [0.5, 0.6) is 5.75 Å². The van der Waals surface area contributed by atoms with Gasteiger partial charge in [-0.25, -0.2) is 8.42 Å². The average Bonchev–Trinajstić information content (AvgIpc) is 2.85. The fraction of sp³-hybridized carbons (Fsp3) is 0.474. The Hall–Kier alpha value is -2.39. The van der Waals surface area contributed by atoms with Gasteiger partial charge in [0, 0.05) is 38.8 Å². The highest BCUT2D eigenvalue weighted by Gasteiger charge is 2.32. The predicted octanol–water partition coefficient (Wildman–Crippen LogP) is 1.58. The molecule has 1 aromatic heterocycles. The lowest BCUT2D eigenvalue weighted by atomic mass is 10.2. The SMILES string of the molecule is COc1cccc(C(=O)N2CCCN(S(=O)(=O)c3c(C)nn(C)c3C)CC2)c1. The summed E-state index contributed by atoms with van der Waals surface area (Å²) in [4.78, 5) is 14.8. The fourth-order valence-corrected chi connectivity index (χ4v) is 5.40. The molecule has 2 heterocycles. The van der Waals surface area contributed by atoms with Crippen LogP contribution in [0.2, 0.25) is 0 Å². The standard InChI is InChI=1S/C19H26N4O4S/c1-14-18(15(2)21(3)20-14)28(25,26)23-10-6-9-22(11-12-23)19(24)16-7-5-8-17(13-16)27-4/h5,7-8,13H,6,9-12H2,1-4H3. The van der Waals surface area contributed by atoms with Crippen LogP contribution in [0, 0.1) is 13.8 Å². The van der Waals surface area contributed by atoms with Gasteiger partial charge in [0.25, 0.3) is 5.91 Å². The highest BCUT2D eigenvalue weighted by atomic mass is 32.2. The largest absolute Gasteiger partial charge is 0.497 e. The van der Waals surface area contributed by atoms with E-state index in [-0.39, 0.29) is 17.3 Å². The van der Waals surface area contributed by atoms with E-state index in [9.17, 15) is 13.2 Å². The first-order chi connectivity index (χ1) is 13.3. The summed E-state index contributed by atoms with van der Waals surface area (Å²) in [5.74, 6) is 0.499. The summed E-state index contributed by atoms with van der Waals surface area (Å²) in [7, 11) is -0.368. The van der Waals surface area contributed by atoms with E-state index in [0.29, 0.717) is 48.8 Å². The molecular formula is C19H26N4O4S. The van der Waals surface area contributed by atoms with Gasteiger partial charge in [0.2, 0.25) is 10.0 Å². The van der Waals surface area contributed by atoms with Crippen molar-refractivity contribution in [2.45, 2.75) is 25.2 Å². The van der Waals surface area contributed by atoms with E-state index in [1.165, 1.54) is 4.31 Å². The molecule has 1 aromatic carbocycles. The molecule has 0 saturated carbocycles. The highest BCUT2D eigenvalue weighted by molar-refractivity contribution is 7.89. The second-order valence-corrected chi connectivity index (χ2v) is 8.78. The van der Waals surface area contributed by atoms with Gasteiger partial charge in [0.05, 0.1) is 18.5 Å². The first-order valence-corrected chi connectivity index (χ1v) is 10.6. The van der Waals surface area contributed by atoms with Crippen molar-refractivity contribution >= 4 is 15.9 Å². The van der Waals surface area contributed by atoms with E-state index in [0.717, 1.165) is 0 Å². The zero-order valence-electron chi connectivity index (χ0n) is 16.7. The maximum absolute atomic E-state index is 13.2. The van der Waals surface area contributed by atoms with Crippen LogP contribution in [0.1, 0.15) is 28.2 Å². The lowest BCUT2D eigenvalue weighted by molar-refractivity contribution is 0.0764. The van der Waals surface area contributed by atoms with Crippen molar-refractivity contribution in [1.82, 2.24) is 19.0 Å². The van der Waals surface area contributed by atoms with Crippen LogP contribution in [0.15, 0.2) is 29.2 Å². The molecule has 1 aliphatic rings. The van der Waals surface area contributed by atoms with Crippen molar-refractivity contribution in [1.29, 1.82) is 0 Å². The van der Waals surface area contributed by atoms with Crippen molar-refractivity contribution < 1.29 is 17.9 Å². The molecule has 1 amide bonds. The second-order valence-electron chi connectivity index (χ2n) is 6.91. The molecule has 0 aliphatic carbocycles. The Morgan fingerprint density at radius 1 is 1.14 bits per heavy atom. The summed E-state index contributed by atoms with van der Waals surface area (Å²) >= 11 is 0. The second kappa shape index (κ2) is 7.92. The monoisotopic (exact) mass is 406 g/mol. The fourth-order valence-electron chi connectivity index (χ4n) is 3.53. The number of hydrogen-bond donors (Lipinski definition) is 0. The van der Waals surface area contributed by atoms with Gasteiger partial charge in [-0.05, 0) is 38.5 Å². The number of methoxy groups -OCH3 is 1. The van der Waals surface area contributed by atoms with Crippen molar-refractivity contribution in [2.24, 2.45) is 7.05 Å². The minimum atomic E-state index is -3.66. The summed E-state index contributed by atoms with van der Waals surface area (Å²) in [5, 5.41) is 4.23. The number of ether oxygens (including phenoxy) is 1. The van der Waals surface area contributed by atoms with Crippen LogP contribution in [0.4, 0.5) is 0 Å². The summed E-state index contributed by atoms with van der Waals surface area (Å²) < 4.78 is 34.6. The van der Waals surface area contributed by atoms with Crippen LogP contribution >= 0.6 is 0 Å². The van der Waals surface area contributed by atoms with Gasteiger partial charge in [0.1, 0.15) is 10.6 Å². The smallest absolute Gasteiger partial charge is 0.254 e. The number of nitrogens with zero attached hydrogens (tertiary/aromatic N) is 4. The topological polar surface area (TPSA) is 84.7 Å². The maximum Gasteiger partial charge on any atom is 0.254 e. The Balaban J connectivity index is 1.78. The van der Waals surface area contributed by atoms with Crippen LogP contribution < -0.4 is 4.74 Å². The normalized spacial score (nSPS) is 16.1. The number of hydrogen-bond acceptors (Lipinski definition) is 5. The van der Waals surface area contributed by atoms with E-state index >= 15 is 0 Å². The van der Waals surface area contributed by atoms with Gasteiger partial charge < -0.3 is 9.64 Å². The Morgan fingerprint density at radius 2 is 1.89 bits per heavy atom. The lowest BCUT2D eigenvalue weighted by Gasteiger charge is -2.22. The number of aromatic nitrogens is 2. The summed E-state index contributed by atoms with van der Waals surface area (Å²) in [6.07, 6.45) is 0.577. The van der Waals surface area contributed by atoms with Gasteiger partial charge in [-0.2, -0.15) is 9.40 Å². The molecule has 1 fully saturated rings. The molecule has 0 N–H and O–H groups in total. The van der Waals surface area contributed by atoms with E-state index in [1.807, 2.05) is 0 Å². The third-order valence-corrected chi connectivity index (χ3v) is 7.25. The molecule has 0 bridgehead atoms. The average molecular weight is 407 g/mol. The van der Waals surface area contributed by atoms with Crippen LogP contribution in [-0.4, -0.2) is 66.6 Å². The number of carbonyl (C=O) groups is 1. The highest BCUT2D eigenvalue weighted by Crippen LogP contribution is 2.24. The molecule has 0 spiro atoms. The Bertz CT molecular complexity index is 984. The lowest BCUT2D eigenvalue weighted by Crippen LogP contribution is -2.37. The minimum absolute atomic E-state index is 0.119. The number of carbonyl (C=O) groups excluding carboxylic acids is 1. The molecule has 0 atom stereocenters. The third kappa shape index (κ3) is 3.77. The first-order valence-electron chi connectivity index (χ1n) is 9.19. The van der Waals surface area contributed by atoms with Crippen LogP contribution in [0.3, 0.4) is 0 Å². The van der Waals surface area contributed by atoms with Gasteiger partial charge in [0.15, 0.2) is 0 Å². The Kier molecular flexibility index (Phi) is 5.76. The summed E-state index contributed by atoms with van der Waals surface area (Å²) in [6.45, 7) is 4.93. The molecule has 3 rings (SSSR count). The Labute approximate surface area is 165 Å². The number of sulfonamides is 1. The van der Waals surface area contributed by atoms with E-state index in [4.69, 9.17) is 4.74 Å². The zero-order chi connectivity index (χ0) is 20.5. The molecule has 2 aromatic rings. The molecule has 0 unspecified atom stereocenters. The van der Waals surface area contributed by atoms with Crippen molar-refractivity contribution in [3.8, 4) is 5.75 Å². The maximum atomic E-state index is 13.2. The number of aryl methyl sites for hydroxylation is 2. The third-order valence-electron chi connectivity index (χ3n) is 5.10. The quantitative estimate of drug-likeness (QED) is 0.770. The molecule has 0 radical (unpaired) electrons. The molecule has 1 aliphatic heterocycles. The van der Waals surface area contributed by atoms with E-state index in [2.05, 4.69) is 5.10 Å². The molecule has 9 heteroatoms. The van der Waals surface area contributed by atoms with E-state index < -0.39 is 10.0 Å². The van der Waals surface area contributed by atoms with Crippen LogP contribution in [-0.2, 0) is 17.1 Å². The van der Waals surface area contributed by atoms with Crippen LogP contribution in [0.25, 0.3) is 0 Å². The van der Waals surface area contributed by atoms with Crippen molar-refractivity contribution in [3.05, 3.63) is 41.2 Å². The van der Waals surface area contributed by atoms with E-state index in [1.54, 1.807) is 61.9 Å². The number of benzene rings is 1.